The molecule has 0 aliphatic heterocycles. The maximum atomic E-state index is 6.22. The zero-order valence-electron chi connectivity index (χ0n) is 9.98. The summed E-state index contributed by atoms with van der Waals surface area (Å²) in [6.45, 7) is 2.88. The van der Waals surface area contributed by atoms with E-state index in [2.05, 4.69) is 32.9 Å². The molecule has 2 rings (SSSR count). The first-order chi connectivity index (χ1) is 8.63. The van der Waals surface area contributed by atoms with Crippen LogP contribution in [-0.2, 0) is 6.54 Å². The van der Waals surface area contributed by atoms with Crippen molar-refractivity contribution in [2.24, 2.45) is 5.73 Å². The fourth-order valence-electron chi connectivity index (χ4n) is 1.78. The van der Waals surface area contributed by atoms with Crippen LogP contribution in [0.25, 0.3) is 0 Å². The minimum atomic E-state index is -0.361. The Morgan fingerprint density at radius 3 is 2.83 bits per heavy atom. The number of halogens is 2. The van der Waals surface area contributed by atoms with E-state index in [1.807, 2.05) is 16.8 Å². The van der Waals surface area contributed by atoms with E-state index in [9.17, 15) is 0 Å². The lowest BCUT2D eigenvalue weighted by atomic mass is 10.1. The van der Waals surface area contributed by atoms with Gasteiger partial charge in [-0.15, -0.1) is 0 Å². The molecule has 18 heavy (non-hydrogen) atoms. The molecule has 0 radical (unpaired) electrons. The van der Waals surface area contributed by atoms with Crippen LogP contribution in [0, 0.1) is 0 Å². The van der Waals surface area contributed by atoms with Gasteiger partial charge in [0.15, 0.2) is 0 Å². The molecule has 0 saturated heterocycles. The third kappa shape index (κ3) is 2.74. The molecule has 2 N–H and O–H groups in total. The predicted octanol–water partition coefficient (Wildman–Crippen LogP) is 3.15. The Balaban J connectivity index is 2.35. The summed E-state index contributed by atoms with van der Waals surface area (Å²) in [6, 6.07) is 3.44. The summed E-state index contributed by atoms with van der Waals surface area (Å²) in [4.78, 5) is 4.30. The van der Waals surface area contributed by atoms with E-state index in [0.29, 0.717) is 5.02 Å². The second kappa shape index (κ2) is 5.82. The topological polar surface area (TPSA) is 56.7 Å². The van der Waals surface area contributed by atoms with Gasteiger partial charge in [-0.05, 0) is 34.5 Å². The molecule has 0 aliphatic carbocycles. The lowest BCUT2D eigenvalue weighted by molar-refractivity contribution is 0.557. The number of hydrogen-bond donors (Lipinski definition) is 1. The van der Waals surface area contributed by atoms with Crippen LogP contribution in [0.5, 0.6) is 0 Å². The molecule has 2 heterocycles. The second-order valence-corrected chi connectivity index (χ2v) is 5.30. The second-order valence-electron chi connectivity index (χ2n) is 3.98. The number of nitrogens with two attached hydrogens (primary N) is 1. The van der Waals surface area contributed by atoms with Crippen molar-refractivity contribution in [1.29, 1.82) is 0 Å². The molecule has 0 amide bonds. The number of hydrogen-bond acceptors (Lipinski definition) is 3. The normalized spacial score (nSPS) is 12.7. The zero-order valence-corrected chi connectivity index (χ0v) is 12.3. The van der Waals surface area contributed by atoms with Gasteiger partial charge in [0.25, 0.3) is 0 Å². The van der Waals surface area contributed by atoms with Crippen molar-refractivity contribution in [3.05, 3.63) is 45.4 Å². The van der Waals surface area contributed by atoms with E-state index in [-0.39, 0.29) is 6.04 Å². The monoisotopic (exact) mass is 328 g/mol. The van der Waals surface area contributed by atoms with Crippen LogP contribution < -0.4 is 5.73 Å². The lowest BCUT2D eigenvalue weighted by Crippen LogP contribution is -2.19. The summed E-state index contributed by atoms with van der Waals surface area (Å²) in [7, 11) is 0. The van der Waals surface area contributed by atoms with Crippen molar-refractivity contribution >= 4 is 27.5 Å². The van der Waals surface area contributed by atoms with E-state index >= 15 is 0 Å². The number of rotatable bonds is 4. The SMILES string of the molecule is CCCn1ncc(Cl)c1C(N)c1ccc(Br)cn1. The summed E-state index contributed by atoms with van der Waals surface area (Å²) < 4.78 is 2.77. The molecule has 0 saturated carbocycles. The van der Waals surface area contributed by atoms with Gasteiger partial charge in [-0.1, -0.05) is 18.5 Å². The number of nitrogens with zero attached hydrogens (tertiary/aromatic N) is 3. The van der Waals surface area contributed by atoms with Crippen LogP contribution in [0.1, 0.15) is 30.8 Å². The molecule has 0 aromatic carbocycles. The molecule has 2 aromatic heterocycles. The number of aromatic nitrogens is 3. The van der Waals surface area contributed by atoms with Crippen molar-refractivity contribution in [3.63, 3.8) is 0 Å². The maximum absolute atomic E-state index is 6.22. The molecule has 0 aliphatic rings. The Labute approximate surface area is 119 Å². The zero-order chi connectivity index (χ0) is 13.1. The average Bonchev–Trinajstić information content (AvgIpc) is 2.71. The molecule has 0 bridgehead atoms. The quantitative estimate of drug-likeness (QED) is 0.937. The van der Waals surface area contributed by atoms with Gasteiger partial charge in [0.1, 0.15) is 0 Å². The lowest BCUT2D eigenvalue weighted by Gasteiger charge is -2.14. The van der Waals surface area contributed by atoms with Gasteiger partial charge in [0.05, 0.1) is 28.6 Å². The first kappa shape index (κ1) is 13.5. The highest BCUT2D eigenvalue weighted by Crippen LogP contribution is 2.26. The Bertz CT molecular complexity index is 523. The van der Waals surface area contributed by atoms with Gasteiger partial charge in [-0.25, -0.2) is 0 Å². The van der Waals surface area contributed by atoms with Gasteiger partial charge >= 0.3 is 0 Å². The summed E-state index contributed by atoms with van der Waals surface area (Å²) in [6.07, 6.45) is 4.33. The molecule has 0 fully saturated rings. The maximum Gasteiger partial charge on any atom is 0.0912 e. The Hall–Kier alpha value is -0.910. The van der Waals surface area contributed by atoms with Crippen LogP contribution in [0.15, 0.2) is 29.0 Å². The first-order valence-electron chi connectivity index (χ1n) is 5.71. The fourth-order valence-corrected chi connectivity index (χ4v) is 2.28. The van der Waals surface area contributed by atoms with Crippen molar-refractivity contribution in [2.75, 3.05) is 0 Å². The molecule has 1 unspecified atom stereocenters. The van der Waals surface area contributed by atoms with Gasteiger partial charge in [-0.2, -0.15) is 5.10 Å². The molecular formula is C12H14BrClN4. The minimum Gasteiger partial charge on any atom is -0.318 e. The highest BCUT2D eigenvalue weighted by atomic mass is 79.9. The Morgan fingerprint density at radius 1 is 1.44 bits per heavy atom. The molecule has 6 heteroatoms. The highest BCUT2D eigenvalue weighted by molar-refractivity contribution is 9.10. The highest BCUT2D eigenvalue weighted by Gasteiger charge is 2.19. The van der Waals surface area contributed by atoms with E-state index < -0.39 is 0 Å². The first-order valence-corrected chi connectivity index (χ1v) is 6.88. The van der Waals surface area contributed by atoms with E-state index in [1.54, 1.807) is 12.4 Å². The van der Waals surface area contributed by atoms with Crippen LogP contribution in [0.3, 0.4) is 0 Å². The third-order valence-electron chi connectivity index (χ3n) is 2.63. The number of aryl methyl sites for hydroxylation is 1. The van der Waals surface area contributed by atoms with Crippen LogP contribution in [0.4, 0.5) is 0 Å². The fraction of sp³-hybridized carbons (Fsp3) is 0.333. The molecular weight excluding hydrogens is 316 g/mol. The van der Waals surface area contributed by atoms with E-state index in [0.717, 1.165) is 28.8 Å². The molecule has 4 nitrogen and oxygen atoms in total. The summed E-state index contributed by atoms with van der Waals surface area (Å²) in [5.41, 5.74) is 7.81. The molecule has 96 valence electrons. The van der Waals surface area contributed by atoms with Gasteiger partial charge in [0, 0.05) is 17.2 Å². The van der Waals surface area contributed by atoms with E-state index in [4.69, 9.17) is 17.3 Å². The van der Waals surface area contributed by atoms with Gasteiger partial charge in [0.2, 0.25) is 0 Å². The third-order valence-corrected chi connectivity index (χ3v) is 3.39. The molecule has 0 spiro atoms. The standard InChI is InChI=1S/C12H14BrClN4/c1-2-5-18-12(9(14)7-17-18)11(15)10-4-3-8(13)6-16-10/h3-4,6-7,11H,2,5,15H2,1H3. The Kier molecular flexibility index (Phi) is 4.37. The Morgan fingerprint density at radius 2 is 2.22 bits per heavy atom. The minimum absolute atomic E-state index is 0.361. The smallest absolute Gasteiger partial charge is 0.0912 e. The van der Waals surface area contributed by atoms with Crippen LogP contribution in [0.2, 0.25) is 5.02 Å². The summed E-state index contributed by atoms with van der Waals surface area (Å²) >= 11 is 9.51. The van der Waals surface area contributed by atoms with Crippen LogP contribution >= 0.6 is 27.5 Å². The van der Waals surface area contributed by atoms with Gasteiger partial charge in [-0.3, -0.25) is 9.67 Å². The number of pyridine rings is 1. The van der Waals surface area contributed by atoms with Crippen molar-refractivity contribution in [3.8, 4) is 0 Å². The largest absolute Gasteiger partial charge is 0.318 e. The van der Waals surface area contributed by atoms with Crippen molar-refractivity contribution < 1.29 is 0 Å². The molecule has 1 atom stereocenters. The van der Waals surface area contributed by atoms with Crippen LogP contribution in [-0.4, -0.2) is 14.8 Å². The van der Waals surface area contributed by atoms with Gasteiger partial charge < -0.3 is 5.73 Å². The van der Waals surface area contributed by atoms with E-state index in [1.165, 1.54) is 0 Å². The summed E-state index contributed by atoms with van der Waals surface area (Å²) in [5.74, 6) is 0. The summed E-state index contributed by atoms with van der Waals surface area (Å²) in [5, 5.41) is 4.82. The molecule has 2 aromatic rings. The van der Waals surface area contributed by atoms with Crippen molar-refractivity contribution in [2.45, 2.75) is 25.9 Å². The predicted molar refractivity (Wildman–Crippen MR) is 75.5 cm³/mol. The van der Waals surface area contributed by atoms with Crippen molar-refractivity contribution in [1.82, 2.24) is 14.8 Å². The average molecular weight is 330 g/mol.